The van der Waals surface area contributed by atoms with Gasteiger partial charge in [-0.15, -0.1) is 0 Å². The third-order valence-electron chi connectivity index (χ3n) is 4.13. The van der Waals surface area contributed by atoms with Crippen molar-refractivity contribution in [3.63, 3.8) is 0 Å². The predicted molar refractivity (Wildman–Crippen MR) is 82.3 cm³/mol. The van der Waals surface area contributed by atoms with Crippen molar-refractivity contribution in [1.29, 1.82) is 0 Å². The van der Waals surface area contributed by atoms with Crippen LogP contribution in [0, 0.1) is 12.8 Å². The lowest BCUT2D eigenvalue weighted by atomic mass is 9.79. The minimum atomic E-state index is -0.754. The highest BCUT2D eigenvalue weighted by molar-refractivity contribution is 5.77. The highest BCUT2D eigenvalue weighted by atomic mass is 16.5. The first-order valence-electron chi connectivity index (χ1n) is 7.66. The van der Waals surface area contributed by atoms with Crippen molar-refractivity contribution in [3.8, 4) is 5.75 Å². The molecule has 2 unspecified atom stereocenters. The normalized spacial score (nSPS) is 25.4. The highest BCUT2D eigenvalue weighted by Crippen LogP contribution is 2.31. The van der Waals surface area contributed by atoms with E-state index in [-0.39, 0.29) is 12.5 Å². The van der Waals surface area contributed by atoms with Crippen LogP contribution in [-0.2, 0) is 4.79 Å². The molecule has 1 fully saturated rings. The van der Waals surface area contributed by atoms with E-state index < -0.39 is 5.60 Å². The van der Waals surface area contributed by atoms with Gasteiger partial charge in [0.15, 0.2) is 6.61 Å². The Morgan fingerprint density at radius 3 is 2.95 bits per heavy atom. The molecule has 4 nitrogen and oxygen atoms in total. The molecule has 0 aliphatic heterocycles. The van der Waals surface area contributed by atoms with Crippen molar-refractivity contribution < 1.29 is 14.6 Å². The van der Waals surface area contributed by atoms with Crippen LogP contribution in [0.3, 0.4) is 0 Å². The molecule has 21 heavy (non-hydrogen) atoms. The van der Waals surface area contributed by atoms with Crippen molar-refractivity contribution in [2.24, 2.45) is 5.92 Å². The first-order valence-corrected chi connectivity index (χ1v) is 7.66. The van der Waals surface area contributed by atoms with E-state index in [1.54, 1.807) is 0 Å². The second-order valence-corrected chi connectivity index (χ2v) is 6.26. The third-order valence-corrected chi connectivity index (χ3v) is 4.13. The number of benzene rings is 1. The van der Waals surface area contributed by atoms with Gasteiger partial charge in [0, 0.05) is 6.54 Å². The number of rotatable bonds is 5. The summed E-state index contributed by atoms with van der Waals surface area (Å²) in [6.45, 7) is 4.39. The smallest absolute Gasteiger partial charge is 0.258 e. The van der Waals surface area contributed by atoms with Crippen LogP contribution in [0.2, 0.25) is 0 Å². The van der Waals surface area contributed by atoms with E-state index in [4.69, 9.17) is 4.74 Å². The Morgan fingerprint density at radius 2 is 2.24 bits per heavy atom. The molecule has 1 aromatic rings. The molecule has 116 valence electrons. The topological polar surface area (TPSA) is 58.6 Å². The predicted octanol–water partition coefficient (Wildman–Crippen LogP) is 2.43. The Hall–Kier alpha value is -1.55. The maximum absolute atomic E-state index is 11.8. The van der Waals surface area contributed by atoms with Crippen LogP contribution in [-0.4, -0.2) is 29.8 Å². The lowest BCUT2D eigenvalue weighted by Gasteiger charge is -2.35. The van der Waals surface area contributed by atoms with Crippen LogP contribution in [0.4, 0.5) is 0 Å². The van der Waals surface area contributed by atoms with Crippen LogP contribution in [0.5, 0.6) is 5.75 Å². The summed E-state index contributed by atoms with van der Waals surface area (Å²) in [7, 11) is 0. The zero-order valence-electron chi connectivity index (χ0n) is 12.9. The standard InChI is InChI=1S/C17H25NO3/c1-13-6-5-9-17(20,10-13)12-18-16(19)11-21-15-8-4-3-7-14(15)2/h3-4,7-8,13,20H,5-6,9-12H2,1-2H3,(H,18,19). The number of hydrogen-bond acceptors (Lipinski definition) is 3. The zero-order valence-corrected chi connectivity index (χ0v) is 12.9. The minimum absolute atomic E-state index is 0.0174. The highest BCUT2D eigenvalue weighted by Gasteiger charge is 2.32. The summed E-state index contributed by atoms with van der Waals surface area (Å²) in [5.41, 5.74) is 0.251. The number of para-hydroxylation sites is 1. The molecular formula is C17H25NO3. The maximum atomic E-state index is 11.8. The van der Waals surface area contributed by atoms with Crippen LogP contribution in [0.1, 0.15) is 38.2 Å². The minimum Gasteiger partial charge on any atom is -0.484 e. The number of ether oxygens (including phenoxy) is 1. The van der Waals surface area contributed by atoms with Gasteiger partial charge in [-0.1, -0.05) is 38.0 Å². The first-order chi connectivity index (χ1) is 9.98. The van der Waals surface area contributed by atoms with Crippen LogP contribution >= 0.6 is 0 Å². The number of aryl methyl sites for hydroxylation is 1. The lowest BCUT2D eigenvalue weighted by molar-refractivity contribution is -0.125. The fourth-order valence-electron chi connectivity index (χ4n) is 2.97. The fourth-order valence-corrected chi connectivity index (χ4v) is 2.97. The Kier molecular flexibility index (Phi) is 5.23. The molecule has 1 amide bonds. The van der Waals surface area contributed by atoms with Crippen LogP contribution < -0.4 is 10.1 Å². The van der Waals surface area contributed by atoms with E-state index in [1.165, 1.54) is 0 Å². The van der Waals surface area contributed by atoms with Gasteiger partial charge in [-0.2, -0.15) is 0 Å². The Labute approximate surface area is 126 Å². The van der Waals surface area contributed by atoms with E-state index in [0.29, 0.717) is 12.5 Å². The zero-order chi connectivity index (χ0) is 15.3. The van der Waals surface area contributed by atoms with Crippen molar-refractivity contribution in [3.05, 3.63) is 29.8 Å². The third kappa shape index (κ3) is 4.74. The van der Waals surface area contributed by atoms with Gasteiger partial charge < -0.3 is 15.2 Å². The summed E-state index contributed by atoms with van der Waals surface area (Å²) >= 11 is 0. The van der Waals surface area contributed by atoms with E-state index in [0.717, 1.165) is 37.0 Å². The van der Waals surface area contributed by atoms with Gasteiger partial charge in [-0.05, 0) is 37.3 Å². The van der Waals surface area contributed by atoms with Crippen molar-refractivity contribution in [1.82, 2.24) is 5.32 Å². The molecule has 2 N–H and O–H groups in total. The van der Waals surface area contributed by atoms with Crippen molar-refractivity contribution >= 4 is 5.91 Å². The maximum Gasteiger partial charge on any atom is 0.258 e. The summed E-state index contributed by atoms with van der Waals surface area (Å²) in [6.07, 6.45) is 3.70. The van der Waals surface area contributed by atoms with Gasteiger partial charge in [0.1, 0.15) is 5.75 Å². The van der Waals surface area contributed by atoms with E-state index in [9.17, 15) is 9.90 Å². The van der Waals surface area contributed by atoms with Crippen molar-refractivity contribution in [2.45, 2.75) is 45.1 Å². The molecule has 1 aromatic carbocycles. The Balaban J connectivity index is 1.76. The number of aliphatic hydroxyl groups is 1. The van der Waals surface area contributed by atoms with Crippen LogP contribution in [0.15, 0.2) is 24.3 Å². The number of carbonyl (C=O) groups excluding carboxylic acids is 1. The molecule has 1 aliphatic rings. The quantitative estimate of drug-likeness (QED) is 0.876. The summed E-state index contributed by atoms with van der Waals surface area (Å²) in [5, 5.41) is 13.3. The molecule has 0 saturated heterocycles. The second kappa shape index (κ2) is 6.94. The van der Waals surface area contributed by atoms with E-state index >= 15 is 0 Å². The molecule has 0 radical (unpaired) electrons. The molecule has 0 bridgehead atoms. The lowest BCUT2D eigenvalue weighted by Crippen LogP contribution is -2.46. The van der Waals surface area contributed by atoms with Crippen molar-refractivity contribution in [2.75, 3.05) is 13.2 Å². The monoisotopic (exact) mass is 291 g/mol. The van der Waals surface area contributed by atoms with Gasteiger partial charge in [-0.3, -0.25) is 4.79 Å². The number of carbonyl (C=O) groups is 1. The summed E-state index contributed by atoms with van der Waals surface area (Å²) in [6, 6.07) is 7.60. The molecule has 2 atom stereocenters. The molecule has 0 heterocycles. The number of hydrogen-bond donors (Lipinski definition) is 2. The molecular weight excluding hydrogens is 266 g/mol. The van der Waals surface area contributed by atoms with Gasteiger partial charge in [-0.25, -0.2) is 0 Å². The summed E-state index contributed by atoms with van der Waals surface area (Å²) < 4.78 is 5.50. The molecule has 1 aliphatic carbocycles. The molecule has 1 saturated carbocycles. The average Bonchev–Trinajstić information content (AvgIpc) is 2.44. The molecule has 0 aromatic heterocycles. The first kappa shape index (κ1) is 15.8. The SMILES string of the molecule is Cc1ccccc1OCC(=O)NCC1(O)CCCC(C)C1. The van der Waals surface area contributed by atoms with Gasteiger partial charge >= 0.3 is 0 Å². The van der Waals surface area contributed by atoms with E-state index in [2.05, 4.69) is 12.2 Å². The molecule has 0 spiro atoms. The largest absolute Gasteiger partial charge is 0.484 e. The van der Waals surface area contributed by atoms with E-state index in [1.807, 2.05) is 31.2 Å². The van der Waals surface area contributed by atoms with Gasteiger partial charge in [0.2, 0.25) is 0 Å². The summed E-state index contributed by atoms with van der Waals surface area (Å²) in [5.74, 6) is 1.05. The number of amides is 1. The average molecular weight is 291 g/mol. The second-order valence-electron chi connectivity index (χ2n) is 6.26. The molecule has 2 rings (SSSR count). The van der Waals surface area contributed by atoms with Crippen LogP contribution in [0.25, 0.3) is 0 Å². The molecule has 4 heteroatoms. The fraction of sp³-hybridized carbons (Fsp3) is 0.588. The Morgan fingerprint density at radius 1 is 1.48 bits per heavy atom. The number of nitrogens with one attached hydrogen (secondary N) is 1. The summed E-state index contributed by atoms with van der Waals surface area (Å²) in [4.78, 5) is 11.8. The van der Waals surface area contributed by atoms with Gasteiger partial charge in [0.25, 0.3) is 5.91 Å². The van der Waals surface area contributed by atoms with Gasteiger partial charge in [0.05, 0.1) is 5.60 Å². The Bertz CT molecular complexity index is 489.